The van der Waals surface area contributed by atoms with Crippen molar-refractivity contribution in [2.24, 2.45) is 0 Å². The van der Waals surface area contributed by atoms with Crippen molar-refractivity contribution in [3.8, 4) is 0 Å². The Morgan fingerprint density at radius 3 is 2.89 bits per heavy atom. The highest BCUT2D eigenvalue weighted by molar-refractivity contribution is 7.99. The predicted octanol–water partition coefficient (Wildman–Crippen LogP) is 3.96. The number of thioether (sulfide) groups is 1. The summed E-state index contributed by atoms with van der Waals surface area (Å²) in [5.74, 6) is 3.34. The zero-order valence-corrected chi connectivity index (χ0v) is 12.5. The molecule has 18 heavy (non-hydrogen) atoms. The van der Waals surface area contributed by atoms with E-state index in [4.69, 9.17) is 11.6 Å². The van der Waals surface area contributed by atoms with Crippen molar-refractivity contribution >= 4 is 50.7 Å². The lowest BCUT2D eigenvalue weighted by atomic mass is 10.1. The fourth-order valence-corrected chi connectivity index (χ4v) is 4.37. The molecule has 0 bridgehead atoms. The van der Waals surface area contributed by atoms with Crippen LogP contribution in [0, 0.1) is 6.92 Å². The van der Waals surface area contributed by atoms with Gasteiger partial charge in [0.25, 0.3) is 0 Å². The van der Waals surface area contributed by atoms with Crippen LogP contribution in [0.5, 0.6) is 0 Å². The number of nitrogens with zero attached hydrogens (tertiary/aromatic N) is 2. The summed E-state index contributed by atoms with van der Waals surface area (Å²) >= 11 is 9.68. The first-order chi connectivity index (χ1) is 8.72. The van der Waals surface area contributed by atoms with E-state index in [0.29, 0.717) is 11.3 Å². The van der Waals surface area contributed by atoms with Crippen LogP contribution >= 0.6 is 34.7 Å². The third-order valence-corrected chi connectivity index (χ3v) is 5.21. The molecule has 0 aliphatic carbocycles. The van der Waals surface area contributed by atoms with Crippen LogP contribution in [-0.2, 0) is 0 Å². The lowest BCUT2D eigenvalue weighted by molar-refractivity contribution is 0.664. The predicted molar refractivity (Wildman–Crippen MR) is 81.1 cm³/mol. The molecule has 3 heterocycles. The molecule has 3 rings (SSSR count). The van der Waals surface area contributed by atoms with Crippen molar-refractivity contribution in [2.45, 2.75) is 25.8 Å². The summed E-state index contributed by atoms with van der Waals surface area (Å²) in [7, 11) is 0. The molecular formula is C12H14ClN3S2. The van der Waals surface area contributed by atoms with Gasteiger partial charge in [-0.2, -0.15) is 11.8 Å². The first kappa shape index (κ1) is 12.5. The van der Waals surface area contributed by atoms with Crippen LogP contribution in [0.2, 0.25) is 5.28 Å². The van der Waals surface area contributed by atoms with Crippen LogP contribution < -0.4 is 5.32 Å². The molecule has 0 saturated carbocycles. The van der Waals surface area contributed by atoms with E-state index in [1.165, 1.54) is 29.2 Å². The minimum absolute atomic E-state index is 0.331. The van der Waals surface area contributed by atoms with Crippen LogP contribution in [0.25, 0.3) is 10.2 Å². The third-order valence-electron chi connectivity index (χ3n) is 3.05. The summed E-state index contributed by atoms with van der Waals surface area (Å²) in [5.41, 5.74) is 0. The number of aromatic nitrogens is 2. The number of rotatable bonds is 2. The summed E-state index contributed by atoms with van der Waals surface area (Å²) in [6.07, 6.45) is 2.38. The smallest absolute Gasteiger partial charge is 0.225 e. The molecular weight excluding hydrogens is 286 g/mol. The monoisotopic (exact) mass is 299 g/mol. The second-order valence-electron chi connectivity index (χ2n) is 4.45. The molecule has 96 valence electrons. The molecule has 0 spiro atoms. The maximum atomic E-state index is 5.99. The molecule has 3 nitrogen and oxygen atoms in total. The van der Waals surface area contributed by atoms with Gasteiger partial charge in [-0.1, -0.05) is 0 Å². The van der Waals surface area contributed by atoms with Gasteiger partial charge in [-0.3, -0.25) is 0 Å². The number of nitrogens with one attached hydrogen (secondary N) is 1. The van der Waals surface area contributed by atoms with E-state index < -0.39 is 0 Å². The van der Waals surface area contributed by atoms with Crippen LogP contribution in [0.15, 0.2) is 6.07 Å². The number of fused-ring (bicyclic) bond motifs is 1. The SMILES string of the molecule is Cc1cc2c(NC3CCSCC3)nc(Cl)nc2s1. The molecule has 1 aliphatic heterocycles. The topological polar surface area (TPSA) is 37.8 Å². The summed E-state index contributed by atoms with van der Waals surface area (Å²) in [5, 5.41) is 4.96. The van der Waals surface area contributed by atoms with E-state index in [2.05, 4.69) is 28.3 Å². The zero-order valence-electron chi connectivity index (χ0n) is 10.1. The highest BCUT2D eigenvalue weighted by Crippen LogP contribution is 2.31. The van der Waals surface area contributed by atoms with Crippen molar-refractivity contribution < 1.29 is 0 Å². The lowest BCUT2D eigenvalue weighted by Crippen LogP contribution is -2.25. The first-order valence-electron chi connectivity index (χ1n) is 6.00. The largest absolute Gasteiger partial charge is 0.367 e. The minimum atomic E-state index is 0.331. The van der Waals surface area contributed by atoms with Gasteiger partial charge in [-0.05, 0) is 48.9 Å². The Hall–Kier alpha value is -0.520. The Morgan fingerprint density at radius 1 is 1.33 bits per heavy atom. The van der Waals surface area contributed by atoms with Crippen LogP contribution in [0.3, 0.4) is 0 Å². The van der Waals surface area contributed by atoms with Gasteiger partial charge in [-0.15, -0.1) is 11.3 Å². The summed E-state index contributed by atoms with van der Waals surface area (Å²) in [6, 6.07) is 2.65. The van der Waals surface area contributed by atoms with Crippen molar-refractivity contribution in [1.82, 2.24) is 9.97 Å². The van der Waals surface area contributed by atoms with Gasteiger partial charge in [0, 0.05) is 10.9 Å². The summed E-state index contributed by atoms with van der Waals surface area (Å²) in [6.45, 7) is 2.08. The van der Waals surface area contributed by atoms with Crippen LogP contribution in [-0.4, -0.2) is 27.5 Å². The van der Waals surface area contributed by atoms with Gasteiger partial charge in [-0.25, -0.2) is 9.97 Å². The van der Waals surface area contributed by atoms with Crippen molar-refractivity contribution in [3.05, 3.63) is 16.2 Å². The molecule has 2 aromatic rings. The number of aryl methyl sites for hydroxylation is 1. The Morgan fingerprint density at radius 2 is 2.11 bits per heavy atom. The fourth-order valence-electron chi connectivity index (χ4n) is 2.16. The Balaban J connectivity index is 1.94. The molecule has 0 aromatic carbocycles. The average Bonchev–Trinajstić information content (AvgIpc) is 2.71. The maximum absolute atomic E-state index is 5.99. The molecule has 0 unspecified atom stereocenters. The average molecular weight is 300 g/mol. The Bertz CT molecular complexity index is 564. The second kappa shape index (κ2) is 5.23. The highest BCUT2D eigenvalue weighted by atomic mass is 35.5. The van der Waals surface area contributed by atoms with Crippen molar-refractivity contribution in [3.63, 3.8) is 0 Å². The van der Waals surface area contributed by atoms with Gasteiger partial charge in [0.1, 0.15) is 10.6 Å². The van der Waals surface area contributed by atoms with Gasteiger partial charge >= 0.3 is 0 Å². The Labute approximate surface area is 119 Å². The van der Waals surface area contributed by atoms with Crippen LogP contribution in [0.4, 0.5) is 5.82 Å². The standard InChI is InChI=1S/C12H14ClN3S2/c1-7-6-9-10(14-8-2-4-17-5-3-8)15-12(13)16-11(9)18-7/h6,8H,2-5H2,1H3,(H,14,15,16). The minimum Gasteiger partial charge on any atom is -0.367 e. The maximum Gasteiger partial charge on any atom is 0.225 e. The molecule has 0 radical (unpaired) electrons. The number of thiophene rings is 1. The number of hydrogen-bond acceptors (Lipinski definition) is 5. The van der Waals surface area contributed by atoms with Crippen LogP contribution in [0.1, 0.15) is 17.7 Å². The third kappa shape index (κ3) is 2.58. The molecule has 6 heteroatoms. The van der Waals surface area contributed by atoms with Crippen molar-refractivity contribution in [2.75, 3.05) is 16.8 Å². The number of anilines is 1. The second-order valence-corrected chi connectivity index (χ2v) is 7.25. The van der Waals surface area contributed by atoms with Gasteiger partial charge in [0.2, 0.25) is 5.28 Å². The summed E-state index contributed by atoms with van der Waals surface area (Å²) in [4.78, 5) is 10.8. The van der Waals surface area contributed by atoms with Gasteiger partial charge in [0.15, 0.2) is 0 Å². The fraction of sp³-hybridized carbons (Fsp3) is 0.500. The molecule has 0 amide bonds. The highest BCUT2D eigenvalue weighted by Gasteiger charge is 2.16. The van der Waals surface area contributed by atoms with Crippen molar-refractivity contribution in [1.29, 1.82) is 0 Å². The van der Waals surface area contributed by atoms with Gasteiger partial charge < -0.3 is 5.32 Å². The molecule has 1 fully saturated rings. The van der Waals surface area contributed by atoms with E-state index in [1.807, 2.05) is 11.8 Å². The van der Waals surface area contributed by atoms with E-state index >= 15 is 0 Å². The lowest BCUT2D eigenvalue weighted by Gasteiger charge is -2.23. The first-order valence-corrected chi connectivity index (χ1v) is 8.35. The quantitative estimate of drug-likeness (QED) is 0.852. The normalized spacial score (nSPS) is 17.2. The molecule has 1 aliphatic rings. The summed E-state index contributed by atoms with van der Waals surface area (Å²) < 4.78 is 0. The van der Waals surface area contributed by atoms with Gasteiger partial charge in [0.05, 0.1) is 5.39 Å². The number of halogens is 1. The zero-order chi connectivity index (χ0) is 12.5. The van der Waals surface area contributed by atoms with E-state index in [1.54, 1.807) is 11.3 Å². The molecule has 0 atom stereocenters. The molecule has 1 N–H and O–H groups in total. The number of hydrogen-bond donors (Lipinski definition) is 1. The van der Waals surface area contributed by atoms with E-state index in [9.17, 15) is 0 Å². The Kier molecular flexibility index (Phi) is 3.63. The molecule has 2 aromatic heterocycles. The molecule has 1 saturated heterocycles. The van der Waals surface area contributed by atoms with E-state index in [0.717, 1.165) is 16.0 Å². The van der Waals surface area contributed by atoms with E-state index in [-0.39, 0.29) is 0 Å².